The molecule has 104 valence electrons. The minimum Gasteiger partial charge on any atom is -0.459 e. The third kappa shape index (κ3) is 3.84. The van der Waals surface area contributed by atoms with E-state index >= 15 is 0 Å². The van der Waals surface area contributed by atoms with Crippen LogP contribution in [0.25, 0.3) is 11.0 Å². The Kier molecular flexibility index (Phi) is 5.03. The Morgan fingerprint density at radius 3 is 2.68 bits per heavy atom. The number of fused-ring (bicyclic) bond motifs is 1. The lowest BCUT2D eigenvalue weighted by molar-refractivity contribution is 0.392. The smallest absolute Gasteiger partial charge is 0.134 e. The second-order valence-electron chi connectivity index (χ2n) is 5.47. The summed E-state index contributed by atoms with van der Waals surface area (Å²) in [6, 6.07) is 11.1. The lowest BCUT2D eigenvalue weighted by atomic mass is 10.1. The van der Waals surface area contributed by atoms with E-state index in [4.69, 9.17) is 4.42 Å². The summed E-state index contributed by atoms with van der Waals surface area (Å²) in [7, 11) is 0. The third-order valence-corrected chi connectivity index (χ3v) is 3.65. The standard InChI is InChI=1S/C17H25NO/c1-4-5-6-9-13(2)18-14(3)17-12-15-10-7-8-11-16(15)19-17/h7-8,10-14,18H,4-6,9H2,1-3H3. The fraction of sp³-hybridized carbons (Fsp3) is 0.529. The largest absolute Gasteiger partial charge is 0.459 e. The Morgan fingerprint density at radius 1 is 1.16 bits per heavy atom. The number of benzene rings is 1. The fourth-order valence-electron chi connectivity index (χ4n) is 2.51. The van der Waals surface area contributed by atoms with Gasteiger partial charge >= 0.3 is 0 Å². The summed E-state index contributed by atoms with van der Waals surface area (Å²) < 4.78 is 5.89. The lowest BCUT2D eigenvalue weighted by Crippen LogP contribution is -2.28. The SMILES string of the molecule is CCCCCC(C)NC(C)c1cc2ccccc2o1. The highest BCUT2D eigenvalue weighted by atomic mass is 16.3. The number of para-hydroxylation sites is 1. The van der Waals surface area contributed by atoms with E-state index in [1.54, 1.807) is 0 Å². The number of furan rings is 1. The van der Waals surface area contributed by atoms with Crippen molar-refractivity contribution >= 4 is 11.0 Å². The third-order valence-electron chi connectivity index (χ3n) is 3.65. The fourth-order valence-corrected chi connectivity index (χ4v) is 2.51. The van der Waals surface area contributed by atoms with Crippen molar-refractivity contribution in [1.82, 2.24) is 5.32 Å². The van der Waals surface area contributed by atoms with E-state index < -0.39 is 0 Å². The summed E-state index contributed by atoms with van der Waals surface area (Å²) in [4.78, 5) is 0. The van der Waals surface area contributed by atoms with Crippen LogP contribution in [0.3, 0.4) is 0 Å². The van der Waals surface area contributed by atoms with E-state index in [9.17, 15) is 0 Å². The number of unbranched alkanes of at least 4 members (excludes halogenated alkanes) is 2. The van der Waals surface area contributed by atoms with Gasteiger partial charge in [0, 0.05) is 11.4 Å². The molecule has 0 saturated carbocycles. The van der Waals surface area contributed by atoms with Gasteiger partial charge in [-0.3, -0.25) is 0 Å². The van der Waals surface area contributed by atoms with Crippen LogP contribution >= 0.6 is 0 Å². The molecule has 1 heterocycles. The first kappa shape index (κ1) is 14.1. The van der Waals surface area contributed by atoms with Gasteiger partial charge in [-0.1, -0.05) is 44.4 Å². The average molecular weight is 259 g/mol. The molecule has 1 aromatic carbocycles. The molecule has 0 saturated heterocycles. The second kappa shape index (κ2) is 6.76. The Morgan fingerprint density at radius 2 is 1.95 bits per heavy atom. The van der Waals surface area contributed by atoms with Gasteiger partial charge in [0.25, 0.3) is 0 Å². The summed E-state index contributed by atoms with van der Waals surface area (Å²) >= 11 is 0. The molecule has 2 heteroatoms. The van der Waals surface area contributed by atoms with Crippen LogP contribution in [0.4, 0.5) is 0 Å². The zero-order valence-electron chi connectivity index (χ0n) is 12.3. The predicted molar refractivity (Wildman–Crippen MR) is 81.4 cm³/mol. The van der Waals surface area contributed by atoms with Gasteiger partial charge in [-0.2, -0.15) is 0 Å². The molecule has 2 nitrogen and oxygen atoms in total. The number of hydrogen-bond donors (Lipinski definition) is 1. The van der Waals surface area contributed by atoms with E-state index in [0.717, 1.165) is 11.3 Å². The van der Waals surface area contributed by atoms with Gasteiger partial charge in [0.05, 0.1) is 6.04 Å². The molecular weight excluding hydrogens is 234 g/mol. The molecule has 2 rings (SSSR count). The van der Waals surface area contributed by atoms with Crippen molar-refractivity contribution in [3.63, 3.8) is 0 Å². The van der Waals surface area contributed by atoms with Gasteiger partial charge in [-0.15, -0.1) is 0 Å². The summed E-state index contributed by atoms with van der Waals surface area (Å²) in [5.41, 5.74) is 0.977. The summed E-state index contributed by atoms with van der Waals surface area (Å²) in [5.74, 6) is 1.03. The molecule has 1 N–H and O–H groups in total. The van der Waals surface area contributed by atoms with Gasteiger partial charge in [0.1, 0.15) is 11.3 Å². The highest BCUT2D eigenvalue weighted by molar-refractivity contribution is 5.77. The molecule has 0 bridgehead atoms. The summed E-state index contributed by atoms with van der Waals surface area (Å²) in [6.07, 6.45) is 5.15. The summed E-state index contributed by atoms with van der Waals surface area (Å²) in [5, 5.41) is 4.81. The normalized spacial score (nSPS) is 14.7. The van der Waals surface area contributed by atoms with Crippen molar-refractivity contribution in [3.8, 4) is 0 Å². The van der Waals surface area contributed by atoms with Gasteiger partial charge in [-0.05, 0) is 32.4 Å². The van der Waals surface area contributed by atoms with Crippen molar-refractivity contribution in [2.24, 2.45) is 0 Å². The molecule has 0 aliphatic heterocycles. The van der Waals surface area contributed by atoms with Crippen LogP contribution in [0.2, 0.25) is 0 Å². The second-order valence-corrected chi connectivity index (χ2v) is 5.47. The molecule has 0 spiro atoms. The predicted octanol–water partition coefficient (Wildman–Crippen LogP) is 5.05. The van der Waals surface area contributed by atoms with Crippen molar-refractivity contribution in [2.75, 3.05) is 0 Å². The monoisotopic (exact) mass is 259 g/mol. The quantitative estimate of drug-likeness (QED) is 0.704. The maximum Gasteiger partial charge on any atom is 0.134 e. The van der Waals surface area contributed by atoms with Gasteiger partial charge in [0.15, 0.2) is 0 Å². The molecule has 19 heavy (non-hydrogen) atoms. The van der Waals surface area contributed by atoms with Crippen molar-refractivity contribution in [3.05, 3.63) is 36.1 Å². The van der Waals surface area contributed by atoms with Crippen LogP contribution in [0.5, 0.6) is 0 Å². The first-order valence-corrected chi connectivity index (χ1v) is 7.45. The first-order chi connectivity index (χ1) is 9.20. The Hall–Kier alpha value is -1.28. The molecule has 0 amide bonds. The molecular formula is C17H25NO. The molecule has 1 aromatic heterocycles. The Balaban J connectivity index is 1.93. The maximum absolute atomic E-state index is 5.89. The van der Waals surface area contributed by atoms with E-state index in [1.165, 1.54) is 31.1 Å². The molecule has 0 aliphatic rings. The highest BCUT2D eigenvalue weighted by Gasteiger charge is 2.13. The maximum atomic E-state index is 5.89. The number of nitrogens with one attached hydrogen (secondary N) is 1. The molecule has 2 unspecified atom stereocenters. The van der Waals surface area contributed by atoms with Crippen molar-refractivity contribution in [2.45, 2.75) is 58.5 Å². The van der Waals surface area contributed by atoms with Gasteiger partial charge in [-0.25, -0.2) is 0 Å². The van der Waals surface area contributed by atoms with Crippen LogP contribution in [0.1, 0.15) is 58.3 Å². The zero-order chi connectivity index (χ0) is 13.7. The van der Waals surface area contributed by atoms with E-state index in [2.05, 4.69) is 38.2 Å². The van der Waals surface area contributed by atoms with E-state index in [0.29, 0.717) is 6.04 Å². The van der Waals surface area contributed by atoms with E-state index in [1.807, 2.05) is 18.2 Å². The Bertz CT molecular complexity index is 470. The van der Waals surface area contributed by atoms with Crippen LogP contribution in [-0.4, -0.2) is 6.04 Å². The molecule has 0 fully saturated rings. The van der Waals surface area contributed by atoms with Crippen molar-refractivity contribution < 1.29 is 4.42 Å². The zero-order valence-corrected chi connectivity index (χ0v) is 12.3. The minimum atomic E-state index is 0.268. The minimum absolute atomic E-state index is 0.268. The van der Waals surface area contributed by atoms with Gasteiger partial charge < -0.3 is 9.73 Å². The topological polar surface area (TPSA) is 25.2 Å². The lowest BCUT2D eigenvalue weighted by Gasteiger charge is -2.18. The van der Waals surface area contributed by atoms with Crippen LogP contribution in [0.15, 0.2) is 34.7 Å². The molecule has 2 aromatic rings. The highest BCUT2D eigenvalue weighted by Crippen LogP contribution is 2.24. The van der Waals surface area contributed by atoms with Crippen LogP contribution in [-0.2, 0) is 0 Å². The first-order valence-electron chi connectivity index (χ1n) is 7.45. The molecule has 2 atom stereocenters. The van der Waals surface area contributed by atoms with Crippen LogP contribution in [0, 0.1) is 0 Å². The Labute approximate surface area is 116 Å². The average Bonchev–Trinajstić information content (AvgIpc) is 2.83. The molecule has 0 radical (unpaired) electrons. The van der Waals surface area contributed by atoms with E-state index in [-0.39, 0.29) is 6.04 Å². The molecule has 0 aliphatic carbocycles. The van der Waals surface area contributed by atoms with Crippen molar-refractivity contribution in [1.29, 1.82) is 0 Å². The number of hydrogen-bond acceptors (Lipinski definition) is 2. The number of rotatable bonds is 7. The van der Waals surface area contributed by atoms with Gasteiger partial charge in [0.2, 0.25) is 0 Å². The summed E-state index contributed by atoms with van der Waals surface area (Å²) in [6.45, 7) is 6.68. The van der Waals surface area contributed by atoms with Crippen LogP contribution < -0.4 is 5.32 Å².